The number of likely N-dealkylation sites (N-methyl/N-ethyl adjacent to an activating group) is 1. The smallest absolute Gasteiger partial charge is 0.311 e. The molecule has 1 aromatic heterocycles. The number of carbonyl (C=O) groups excluding carboxylic acids is 3. The molecule has 6 N–H and O–H groups in total. The number of nitrogens with one attached hydrogen (secondary N) is 1. The molecule has 4 rings (SSSR count). The van der Waals surface area contributed by atoms with Crippen LogP contribution < -0.4 is 5.48 Å². The predicted molar refractivity (Wildman–Crippen MR) is 228 cm³/mol. The third-order valence-corrected chi connectivity index (χ3v) is 13.3. The summed E-state index contributed by atoms with van der Waals surface area (Å²) in [6, 6.07) is 7.44. The third-order valence-electron chi connectivity index (χ3n) is 13.3. The van der Waals surface area contributed by atoms with Gasteiger partial charge in [0.05, 0.1) is 42.1 Å². The van der Waals surface area contributed by atoms with E-state index in [0.717, 1.165) is 30.4 Å². The SMILES string of the molecule is CC[C@H]1OC(=O)[C@H](C)[C@@H](O)[C@H](C)[C@@H](O[C@@H]2O[C@H](C)C[C@H](N(C)Cc3ccccc3-c3cn(CCCCCCC(=O)NO)nn3)[C@H]2O)[C@](C)(OC)C[C@@H](C)C(=O)[C@H](C)[C@@H](O)[C@]1(C)O. The van der Waals surface area contributed by atoms with Gasteiger partial charge in [0.25, 0.3) is 0 Å². The van der Waals surface area contributed by atoms with Gasteiger partial charge in [0.2, 0.25) is 5.91 Å². The largest absolute Gasteiger partial charge is 0.459 e. The lowest BCUT2D eigenvalue weighted by Crippen LogP contribution is -2.60. The fraction of sp³-hybridized carbons (Fsp3) is 0.756. The third kappa shape index (κ3) is 12.2. The lowest BCUT2D eigenvalue weighted by atomic mass is 9.74. The summed E-state index contributed by atoms with van der Waals surface area (Å²) in [7, 11) is 3.39. The Bertz CT molecular complexity index is 1760. The Balaban J connectivity index is 1.56. The highest BCUT2D eigenvalue weighted by atomic mass is 16.7. The maximum atomic E-state index is 13.9. The van der Waals surface area contributed by atoms with Crippen molar-refractivity contribution in [1.29, 1.82) is 0 Å². The molecule has 2 aliphatic rings. The number of Topliss-reactive ketones (excluding diaryl/α,β-unsaturated/α-hetero) is 1. The summed E-state index contributed by atoms with van der Waals surface area (Å²) in [5, 5.41) is 64.2. The van der Waals surface area contributed by atoms with Crippen molar-refractivity contribution in [3.8, 4) is 11.3 Å². The van der Waals surface area contributed by atoms with E-state index in [0.29, 0.717) is 31.6 Å². The molecule has 17 heteroatoms. The molecule has 2 saturated heterocycles. The molecule has 0 aliphatic carbocycles. The van der Waals surface area contributed by atoms with Crippen LogP contribution in [0.1, 0.15) is 112 Å². The van der Waals surface area contributed by atoms with Gasteiger partial charge < -0.3 is 39.4 Å². The highest BCUT2D eigenvalue weighted by Gasteiger charge is 2.52. The van der Waals surface area contributed by atoms with Crippen LogP contribution in [0.5, 0.6) is 0 Å². The van der Waals surface area contributed by atoms with E-state index < -0.39 is 83.7 Å². The monoisotopic (exact) mass is 876 g/mol. The minimum atomic E-state index is -1.96. The first-order valence-electron chi connectivity index (χ1n) is 22.2. The maximum absolute atomic E-state index is 13.9. The number of aromatic nitrogens is 3. The van der Waals surface area contributed by atoms with Crippen LogP contribution in [0.15, 0.2) is 30.5 Å². The second kappa shape index (κ2) is 22.5. The molecule has 1 aromatic carbocycles. The average molecular weight is 876 g/mol. The average Bonchev–Trinajstić information content (AvgIpc) is 3.73. The van der Waals surface area contributed by atoms with Crippen LogP contribution >= 0.6 is 0 Å². The summed E-state index contributed by atoms with van der Waals surface area (Å²) in [6.07, 6.45) is -1.67. The van der Waals surface area contributed by atoms with E-state index >= 15 is 0 Å². The molecule has 0 saturated carbocycles. The molecule has 2 aromatic rings. The number of hydrogen-bond acceptors (Lipinski definition) is 15. The Morgan fingerprint density at radius 1 is 1.02 bits per heavy atom. The number of aryl methyl sites for hydroxylation is 1. The molecule has 0 unspecified atom stereocenters. The molecule has 1 amide bonds. The van der Waals surface area contributed by atoms with Gasteiger partial charge in [0.15, 0.2) is 6.29 Å². The van der Waals surface area contributed by atoms with Crippen LogP contribution in [-0.2, 0) is 46.4 Å². The predicted octanol–water partition coefficient (Wildman–Crippen LogP) is 3.80. The molecular formula is C45H73N5O12. The molecule has 0 spiro atoms. The van der Waals surface area contributed by atoms with E-state index in [4.69, 9.17) is 24.2 Å². The molecular weight excluding hydrogens is 803 g/mol. The van der Waals surface area contributed by atoms with E-state index in [1.165, 1.54) is 27.9 Å². The first kappa shape index (κ1) is 51.2. The minimum Gasteiger partial charge on any atom is -0.459 e. The maximum Gasteiger partial charge on any atom is 0.311 e. The number of aliphatic hydroxyl groups is 4. The standard InChI is InChI=1S/C45H73N5O12/c1-11-35-45(8,57)40(55)28(4)37(52)26(2)23-44(7,59-10)41(29(5)38(53)30(6)42(56)61-35)62-43-39(54)34(22-27(3)60-43)49(9)24-31-18-15-16-19-32(31)33-25-50(48-46-33)21-17-13-12-14-20-36(51)47-58/h15-16,18-19,25-30,34-35,38-41,43,53-55,57-58H,11-14,17,20-24H2,1-10H3,(H,47,51)/t26-,27-,28+,29+,30-,34+,35-,38+,39-,40-,41-,43+,44-,45-/m1/s1. The number of rotatable bonds is 15. The van der Waals surface area contributed by atoms with Crippen LogP contribution in [0.2, 0.25) is 0 Å². The topological polar surface area (TPSA) is 235 Å². The highest BCUT2D eigenvalue weighted by molar-refractivity contribution is 5.83. The number of ether oxygens (including phenoxy) is 4. The van der Waals surface area contributed by atoms with Gasteiger partial charge in [-0.2, -0.15) is 0 Å². The molecule has 2 aliphatic heterocycles. The van der Waals surface area contributed by atoms with Crippen LogP contribution in [0.25, 0.3) is 11.3 Å². The summed E-state index contributed by atoms with van der Waals surface area (Å²) >= 11 is 0. The van der Waals surface area contributed by atoms with Crippen LogP contribution in [0.4, 0.5) is 0 Å². The van der Waals surface area contributed by atoms with Crippen molar-refractivity contribution < 1.29 is 59.0 Å². The number of amides is 1. The van der Waals surface area contributed by atoms with E-state index in [1.54, 1.807) is 37.9 Å². The van der Waals surface area contributed by atoms with Gasteiger partial charge in [-0.1, -0.05) is 70.0 Å². The molecule has 2 fully saturated rings. The fourth-order valence-electron chi connectivity index (χ4n) is 9.30. The van der Waals surface area contributed by atoms with Gasteiger partial charge in [-0.05, 0) is 72.4 Å². The lowest BCUT2D eigenvalue weighted by Gasteiger charge is -2.48. The molecule has 3 heterocycles. The molecule has 0 bridgehead atoms. The van der Waals surface area contributed by atoms with Crippen molar-refractivity contribution in [2.45, 2.75) is 180 Å². The van der Waals surface area contributed by atoms with Gasteiger partial charge in [0, 0.05) is 56.0 Å². The van der Waals surface area contributed by atoms with Gasteiger partial charge >= 0.3 is 5.97 Å². The number of hydrogen-bond donors (Lipinski definition) is 6. The van der Waals surface area contributed by atoms with Crippen molar-refractivity contribution >= 4 is 17.7 Å². The normalized spacial score (nSPS) is 35.4. The van der Waals surface area contributed by atoms with E-state index in [2.05, 4.69) is 10.3 Å². The Hall–Kier alpha value is -3.39. The van der Waals surface area contributed by atoms with Crippen molar-refractivity contribution in [2.75, 3.05) is 14.2 Å². The first-order chi connectivity index (χ1) is 29.2. The number of ketones is 1. The highest BCUT2D eigenvalue weighted by Crippen LogP contribution is 2.39. The number of aliphatic hydroxyl groups excluding tert-OH is 3. The zero-order valence-corrected chi connectivity index (χ0v) is 38.3. The van der Waals surface area contributed by atoms with Crippen molar-refractivity contribution in [3.63, 3.8) is 0 Å². The number of unbranched alkanes of at least 4 members (excludes halogenated alkanes) is 3. The number of carbonyl (C=O) groups is 3. The number of methoxy groups -OCH3 is 1. The lowest BCUT2D eigenvalue weighted by molar-refractivity contribution is -0.302. The van der Waals surface area contributed by atoms with E-state index in [1.807, 2.05) is 49.3 Å². The molecule has 350 valence electrons. The molecule has 14 atom stereocenters. The molecule has 62 heavy (non-hydrogen) atoms. The Morgan fingerprint density at radius 2 is 1.69 bits per heavy atom. The summed E-state index contributed by atoms with van der Waals surface area (Å²) in [5.41, 5.74) is 0.979. The minimum absolute atomic E-state index is 0.0773. The zero-order chi connectivity index (χ0) is 46.1. The van der Waals surface area contributed by atoms with Gasteiger partial charge in [-0.25, -0.2) is 5.48 Å². The van der Waals surface area contributed by atoms with Crippen molar-refractivity contribution in [2.24, 2.45) is 23.7 Å². The van der Waals surface area contributed by atoms with E-state index in [-0.39, 0.29) is 37.1 Å². The molecule has 0 radical (unpaired) electrons. The Morgan fingerprint density at radius 3 is 2.35 bits per heavy atom. The van der Waals surface area contributed by atoms with Crippen LogP contribution in [-0.4, -0.2) is 138 Å². The van der Waals surface area contributed by atoms with Crippen molar-refractivity contribution in [3.05, 3.63) is 36.0 Å². The molecule has 17 nitrogen and oxygen atoms in total. The summed E-state index contributed by atoms with van der Waals surface area (Å²) in [6.45, 7) is 14.3. The number of nitrogens with zero attached hydrogens (tertiary/aromatic N) is 4. The van der Waals surface area contributed by atoms with Crippen LogP contribution in [0.3, 0.4) is 0 Å². The van der Waals surface area contributed by atoms with Gasteiger partial charge in [-0.15, -0.1) is 5.10 Å². The van der Waals surface area contributed by atoms with E-state index in [9.17, 15) is 34.8 Å². The number of esters is 1. The summed E-state index contributed by atoms with van der Waals surface area (Å²) in [5.74, 6) is -5.21. The number of hydroxylamine groups is 1. The van der Waals surface area contributed by atoms with Gasteiger partial charge in [0.1, 0.15) is 29.3 Å². The Kier molecular flexibility index (Phi) is 18.6. The van der Waals surface area contributed by atoms with Crippen molar-refractivity contribution in [1.82, 2.24) is 25.4 Å². The zero-order valence-electron chi connectivity index (χ0n) is 38.3. The quantitative estimate of drug-likeness (QED) is 0.0647. The summed E-state index contributed by atoms with van der Waals surface area (Å²) < 4.78 is 26.8. The van der Waals surface area contributed by atoms with Gasteiger partial charge in [-0.3, -0.25) is 29.2 Å². The Labute approximate surface area is 366 Å². The number of cyclic esters (lactones) is 1. The van der Waals surface area contributed by atoms with Crippen LogP contribution in [0, 0.1) is 23.7 Å². The second-order valence-corrected chi connectivity index (χ2v) is 18.3. The number of benzene rings is 1. The fourth-order valence-corrected chi connectivity index (χ4v) is 9.30. The second-order valence-electron chi connectivity index (χ2n) is 18.3. The first-order valence-corrected chi connectivity index (χ1v) is 22.2. The summed E-state index contributed by atoms with van der Waals surface area (Å²) in [4.78, 5) is 40.8.